The Hall–Kier alpha value is -1.27. The Morgan fingerprint density at radius 3 is 2.47 bits per heavy atom. The maximum atomic E-state index is 9.76. The average molecular weight is 235 g/mol. The van der Waals surface area contributed by atoms with E-state index in [1.165, 1.54) is 0 Å². The van der Waals surface area contributed by atoms with E-state index in [0.29, 0.717) is 0 Å². The molecule has 2 aromatic carbocycles. The summed E-state index contributed by atoms with van der Waals surface area (Å²) in [5.41, 5.74) is 1.77. The predicted octanol–water partition coefficient (Wildman–Crippen LogP) is 0.785. The van der Waals surface area contributed by atoms with Gasteiger partial charge in [0.15, 0.2) is 0 Å². The number of fused-ring (bicyclic) bond motifs is 1. The van der Waals surface area contributed by atoms with Gasteiger partial charge in [-0.25, -0.2) is 4.98 Å². The van der Waals surface area contributed by atoms with Crippen molar-refractivity contribution in [2.24, 2.45) is 0 Å². The minimum Gasteiger partial charge on any atom is -1.00 e. The van der Waals surface area contributed by atoms with Gasteiger partial charge in [-0.05, 0) is 24.3 Å². The summed E-state index contributed by atoms with van der Waals surface area (Å²) in [6.45, 7) is 0. The molecule has 1 N–H and O–H groups in total. The van der Waals surface area contributed by atoms with Crippen molar-refractivity contribution in [3.8, 4) is 16.3 Å². The number of aromatic nitrogens is 1. The molecule has 4 heteroatoms. The summed E-state index contributed by atoms with van der Waals surface area (Å²) in [6, 6.07) is 15.3. The molecule has 0 fully saturated rings. The summed E-state index contributed by atoms with van der Waals surface area (Å²) in [4.78, 5) is 4.50. The maximum absolute atomic E-state index is 9.76. The second-order valence-corrected chi connectivity index (χ2v) is 4.53. The van der Waals surface area contributed by atoms with Crippen LogP contribution in [0.25, 0.3) is 20.8 Å². The van der Waals surface area contributed by atoms with Gasteiger partial charge in [-0.3, -0.25) is 0 Å². The first kappa shape index (κ1) is 12.2. The summed E-state index contributed by atoms with van der Waals surface area (Å²) in [7, 11) is 0. The SMILES string of the molecule is Oc1ccccc1-c1nc2ccccc2s1.[H-].[Li+]. The van der Waals surface area contributed by atoms with Crippen molar-refractivity contribution in [3.63, 3.8) is 0 Å². The van der Waals surface area contributed by atoms with E-state index in [2.05, 4.69) is 4.98 Å². The summed E-state index contributed by atoms with van der Waals surface area (Å²) in [5.74, 6) is 0.279. The molecule has 80 valence electrons. The third-order valence-electron chi connectivity index (χ3n) is 2.43. The van der Waals surface area contributed by atoms with E-state index in [9.17, 15) is 5.11 Å². The van der Waals surface area contributed by atoms with Crippen LogP contribution in [0.1, 0.15) is 1.43 Å². The molecule has 0 aliphatic rings. The first-order valence-corrected chi connectivity index (χ1v) is 5.80. The molecule has 0 atom stereocenters. The van der Waals surface area contributed by atoms with Gasteiger partial charge < -0.3 is 6.53 Å². The number of benzene rings is 2. The fourth-order valence-corrected chi connectivity index (χ4v) is 2.64. The van der Waals surface area contributed by atoms with E-state index in [-0.39, 0.29) is 26.0 Å². The molecule has 0 saturated heterocycles. The number of hydrogen-bond donors (Lipinski definition) is 1. The van der Waals surface area contributed by atoms with Gasteiger partial charge >= 0.3 is 18.9 Å². The van der Waals surface area contributed by atoms with Crippen LogP contribution in [-0.2, 0) is 0 Å². The zero-order chi connectivity index (χ0) is 11.0. The average Bonchev–Trinajstić information content (AvgIpc) is 2.73. The predicted molar refractivity (Wildman–Crippen MR) is 67.8 cm³/mol. The Balaban J connectivity index is 0.000000810. The molecule has 1 aromatic heterocycles. The molecular weight excluding hydrogens is 225 g/mol. The minimum absolute atomic E-state index is 0. The van der Waals surface area contributed by atoms with Crippen LogP contribution < -0.4 is 18.9 Å². The second-order valence-electron chi connectivity index (χ2n) is 3.50. The number of para-hydroxylation sites is 2. The summed E-state index contributed by atoms with van der Waals surface area (Å²) < 4.78 is 1.14. The molecule has 0 unspecified atom stereocenters. The second kappa shape index (κ2) is 4.93. The van der Waals surface area contributed by atoms with Crippen LogP contribution in [0.2, 0.25) is 0 Å². The fourth-order valence-electron chi connectivity index (χ4n) is 1.64. The maximum Gasteiger partial charge on any atom is 1.00 e. The van der Waals surface area contributed by atoms with E-state index >= 15 is 0 Å². The van der Waals surface area contributed by atoms with Crippen molar-refractivity contribution in [3.05, 3.63) is 48.5 Å². The molecule has 0 amide bonds. The van der Waals surface area contributed by atoms with Crippen LogP contribution in [0.4, 0.5) is 0 Å². The largest absolute Gasteiger partial charge is 1.00 e. The zero-order valence-electron chi connectivity index (χ0n) is 10.4. The van der Waals surface area contributed by atoms with Crippen LogP contribution in [0.15, 0.2) is 48.5 Å². The van der Waals surface area contributed by atoms with Crippen LogP contribution in [-0.4, -0.2) is 10.1 Å². The number of rotatable bonds is 1. The van der Waals surface area contributed by atoms with Crippen LogP contribution in [0.3, 0.4) is 0 Å². The monoisotopic (exact) mass is 235 g/mol. The van der Waals surface area contributed by atoms with Gasteiger partial charge in [0, 0.05) is 0 Å². The van der Waals surface area contributed by atoms with Crippen molar-refractivity contribution < 1.29 is 25.4 Å². The van der Waals surface area contributed by atoms with Gasteiger partial charge in [-0.15, -0.1) is 11.3 Å². The topological polar surface area (TPSA) is 33.1 Å². The van der Waals surface area contributed by atoms with Crippen molar-refractivity contribution in [2.45, 2.75) is 0 Å². The Labute approximate surface area is 117 Å². The van der Waals surface area contributed by atoms with Crippen molar-refractivity contribution in [1.82, 2.24) is 4.98 Å². The van der Waals surface area contributed by atoms with Gasteiger partial charge in [-0.2, -0.15) is 0 Å². The minimum atomic E-state index is 0. The Morgan fingerprint density at radius 1 is 1.00 bits per heavy atom. The summed E-state index contributed by atoms with van der Waals surface area (Å²) in [6.07, 6.45) is 0. The van der Waals surface area contributed by atoms with Crippen LogP contribution in [0.5, 0.6) is 5.75 Å². The third kappa shape index (κ3) is 2.23. The molecule has 3 aromatic rings. The van der Waals surface area contributed by atoms with Gasteiger partial charge in [0.05, 0.1) is 15.8 Å². The molecule has 0 aliphatic carbocycles. The summed E-state index contributed by atoms with van der Waals surface area (Å²) >= 11 is 1.59. The normalized spacial score (nSPS) is 10.1. The van der Waals surface area contributed by atoms with E-state index in [4.69, 9.17) is 0 Å². The molecule has 0 saturated carbocycles. The Bertz CT molecular complexity index is 623. The molecule has 0 bridgehead atoms. The van der Waals surface area contributed by atoms with Gasteiger partial charge in [0.2, 0.25) is 0 Å². The molecule has 3 rings (SSSR count). The van der Waals surface area contributed by atoms with E-state index in [1.807, 2.05) is 42.5 Å². The number of phenols is 1. The van der Waals surface area contributed by atoms with Crippen molar-refractivity contribution in [1.29, 1.82) is 0 Å². The Morgan fingerprint density at radius 2 is 1.71 bits per heavy atom. The molecule has 2 nitrogen and oxygen atoms in total. The quantitative estimate of drug-likeness (QED) is 0.632. The molecular formula is C13H10LiNOS. The molecule has 0 radical (unpaired) electrons. The third-order valence-corrected chi connectivity index (χ3v) is 3.50. The molecule has 1 heterocycles. The first-order valence-electron chi connectivity index (χ1n) is 4.98. The van der Waals surface area contributed by atoms with E-state index < -0.39 is 0 Å². The first-order chi connectivity index (χ1) is 7.84. The van der Waals surface area contributed by atoms with E-state index in [1.54, 1.807) is 17.4 Å². The zero-order valence-corrected chi connectivity index (χ0v) is 10.2. The van der Waals surface area contributed by atoms with Gasteiger partial charge in [0.1, 0.15) is 10.8 Å². The standard InChI is InChI=1S/C13H9NOS.Li.H/c15-11-7-3-1-5-9(11)13-14-10-6-2-4-8-12(10)16-13;;/h1-8,15H;;/q;+1;-1. The van der Waals surface area contributed by atoms with Crippen LogP contribution in [0, 0.1) is 0 Å². The van der Waals surface area contributed by atoms with Crippen molar-refractivity contribution >= 4 is 21.6 Å². The van der Waals surface area contributed by atoms with Gasteiger partial charge in [0.25, 0.3) is 0 Å². The molecule has 0 aliphatic heterocycles. The molecule has 17 heavy (non-hydrogen) atoms. The number of hydrogen-bond acceptors (Lipinski definition) is 3. The fraction of sp³-hybridized carbons (Fsp3) is 0. The van der Waals surface area contributed by atoms with Crippen molar-refractivity contribution in [2.75, 3.05) is 0 Å². The van der Waals surface area contributed by atoms with E-state index in [0.717, 1.165) is 20.8 Å². The van der Waals surface area contributed by atoms with Crippen LogP contribution >= 0.6 is 11.3 Å². The molecule has 0 spiro atoms. The smallest absolute Gasteiger partial charge is 1.00 e. The number of thiazole rings is 1. The Kier molecular flexibility index (Phi) is 3.54. The van der Waals surface area contributed by atoms with Gasteiger partial charge in [-0.1, -0.05) is 24.3 Å². The number of nitrogens with zero attached hydrogens (tertiary/aromatic N) is 1. The number of aromatic hydroxyl groups is 1. The summed E-state index contributed by atoms with van der Waals surface area (Å²) in [5, 5.41) is 10.6. The number of phenolic OH excluding ortho intramolecular Hbond substituents is 1.